The van der Waals surface area contributed by atoms with E-state index in [2.05, 4.69) is 21.8 Å². The predicted molar refractivity (Wildman–Crippen MR) is 101 cm³/mol. The van der Waals surface area contributed by atoms with Gasteiger partial charge in [0.05, 0.1) is 11.5 Å². The Balaban J connectivity index is 1.84. The quantitative estimate of drug-likeness (QED) is 0.792. The molecule has 1 aromatic heterocycles. The zero-order valence-corrected chi connectivity index (χ0v) is 16.6. The molecule has 0 radical (unpaired) electrons. The maximum atomic E-state index is 12.9. The first kappa shape index (κ1) is 19.1. The molecule has 8 heteroatoms. The maximum Gasteiger partial charge on any atom is 0.272 e. The molecule has 0 bridgehead atoms. The lowest BCUT2D eigenvalue weighted by Crippen LogP contribution is -2.41. The highest BCUT2D eigenvalue weighted by Crippen LogP contribution is 2.25. The lowest BCUT2D eigenvalue weighted by Gasteiger charge is -2.35. The molecule has 2 aliphatic rings. The Morgan fingerprint density at radius 1 is 1.31 bits per heavy atom. The van der Waals surface area contributed by atoms with E-state index in [0.717, 1.165) is 31.5 Å². The number of carbonyl (C=O) groups excluding carboxylic acids is 1. The van der Waals surface area contributed by atoms with E-state index in [1.54, 1.807) is 13.1 Å². The third-order valence-corrected chi connectivity index (χ3v) is 7.24. The fourth-order valence-electron chi connectivity index (χ4n) is 3.91. The number of amides is 1. The van der Waals surface area contributed by atoms with E-state index >= 15 is 0 Å². The minimum Gasteiger partial charge on any atom is -0.338 e. The maximum absolute atomic E-state index is 12.9. The Morgan fingerprint density at radius 3 is 2.73 bits per heavy atom. The summed E-state index contributed by atoms with van der Waals surface area (Å²) in [4.78, 5) is 25.8. The summed E-state index contributed by atoms with van der Waals surface area (Å²) in [5.74, 6) is 0.571. The number of piperidine rings is 1. The second-order valence-corrected chi connectivity index (χ2v) is 9.65. The summed E-state index contributed by atoms with van der Waals surface area (Å²) in [5.41, 5.74) is 1.10. The van der Waals surface area contributed by atoms with Crippen molar-refractivity contribution >= 4 is 21.7 Å². The molecule has 1 aromatic rings. The normalized spacial score (nSPS) is 25.3. The van der Waals surface area contributed by atoms with Crippen LogP contribution in [-0.4, -0.2) is 66.4 Å². The molecule has 7 nitrogen and oxygen atoms in total. The minimum absolute atomic E-state index is 0.0379. The third kappa shape index (κ3) is 4.00. The number of anilines is 1. The standard InChI is InChI=1S/C18H28N4O3S/c1-4-14-7-5-6-9-22(14)18-19-13(2)11-16(20-18)17(23)21(3)15-8-10-26(24,25)12-15/h11,14-15H,4-10,12H2,1-3H3. The monoisotopic (exact) mass is 380 g/mol. The number of aryl methyl sites for hydroxylation is 1. The number of sulfone groups is 1. The van der Waals surface area contributed by atoms with E-state index in [-0.39, 0.29) is 23.5 Å². The first-order chi connectivity index (χ1) is 12.3. The summed E-state index contributed by atoms with van der Waals surface area (Å²) in [6.45, 7) is 4.94. The van der Waals surface area contributed by atoms with E-state index in [1.165, 1.54) is 11.3 Å². The van der Waals surface area contributed by atoms with Crippen molar-refractivity contribution in [1.29, 1.82) is 0 Å². The first-order valence-corrected chi connectivity index (χ1v) is 11.2. The highest BCUT2D eigenvalue weighted by molar-refractivity contribution is 7.91. The van der Waals surface area contributed by atoms with Crippen molar-refractivity contribution in [2.45, 2.75) is 58.0 Å². The van der Waals surface area contributed by atoms with E-state index in [9.17, 15) is 13.2 Å². The smallest absolute Gasteiger partial charge is 0.272 e. The average molecular weight is 381 g/mol. The molecule has 0 aliphatic carbocycles. The Bertz CT molecular complexity index is 781. The van der Waals surface area contributed by atoms with Crippen LogP contribution in [0.5, 0.6) is 0 Å². The molecule has 2 atom stereocenters. The molecule has 26 heavy (non-hydrogen) atoms. The summed E-state index contributed by atoms with van der Waals surface area (Å²) >= 11 is 0. The van der Waals surface area contributed by atoms with Crippen LogP contribution >= 0.6 is 0 Å². The molecule has 0 saturated carbocycles. The van der Waals surface area contributed by atoms with Gasteiger partial charge in [-0.3, -0.25) is 4.79 Å². The molecule has 2 aliphatic heterocycles. The van der Waals surface area contributed by atoms with Crippen LogP contribution in [0.25, 0.3) is 0 Å². The SMILES string of the molecule is CCC1CCCCN1c1nc(C)cc(C(=O)N(C)C2CCS(=O)(=O)C2)n1. The Labute approximate surface area is 155 Å². The molecule has 3 rings (SSSR count). The third-order valence-electron chi connectivity index (χ3n) is 5.49. The van der Waals surface area contributed by atoms with Gasteiger partial charge in [-0.1, -0.05) is 6.92 Å². The molecule has 0 spiro atoms. The van der Waals surface area contributed by atoms with Crippen molar-refractivity contribution in [3.05, 3.63) is 17.5 Å². The molecular weight excluding hydrogens is 352 g/mol. The van der Waals surface area contributed by atoms with Gasteiger partial charge in [0.2, 0.25) is 5.95 Å². The topological polar surface area (TPSA) is 83.5 Å². The second-order valence-electron chi connectivity index (χ2n) is 7.42. The number of rotatable bonds is 4. The van der Waals surface area contributed by atoms with Gasteiger partial charge in [0.1, 0.15) is 5.69 Å². The van der Waals surface area contributed by atoms with Crippen LogP contribution in [0, 0.1) is 6.92 Å². The molecule has 2 fully saturated rings. The molecule has 0 aromatic carbocycles. The first-order valence-electron chi connectivity index (χ1n) is 9.40. The molecule has 1 amide bonds. The average Bonchev–Trinajstić information content (AvgIpc) is 2.99. The molecule has 0 N–H and O–H groups in total. The summed E-state index contributed by atoms with van der Waals surface area (Å²) < 4.78 is 23.4. The van der Waals surface area contributed by atoms with Crippen molar-refractivity contribution in [1.82, 2.24) is 14.9 Å². The van der Waals surface area contributed by atoms with Crippen LogP contribution < -0.4 is 4.90 Å². The number of aromatic nitrogens is 2. The molecule has 3 heterocycles. The number of nitrogens with zero attached hydrogens (tertiary/aromatic N) is 4. The number of hydrogen-bond acceptors (Lipinski definition) is 6. The summed E-state index contributed by atoms with van der Waals surface area (Å²) in [7, 11) is -1.37. The van der Waals surface area contributed by atoms with E-state index in [1.807, 2.05) is 6.92 Å². The van der Waals surface area contributed by atoms with Crippen molar-refractivity contribution in [3.8, 4) is 0 Å². The van der Waals surface area contributed by atoms with Gasteiger partial charge in [-0.15, -0.1) is 0 Å². The van der Waals surface area contributed by atoms with Crippen molar-refractivity contribution in [2.24, 2.45) is 0 Å². The zero-order chi connectivity index (χ0) is 18.9. The molecule has 2 unspecified atom stereocenters. The summed E-state index contributed by atoms with van der Waals surface area (Å²) in [6, 6.07) is 1.83. The van der Waals surface area contributed by atoms with Gasteiger partial charge in [-0.05, 0) is 45.1 Å². The number of carbonyl (C=O) groups is 1. The van der Waals surface area contributed by atoms with Crippen molar-refractivity contribution < 1.29 is 13.2 Å². The van der Waals surface area contributed by atoms with E-state index < -0.39 is 9.84 Å². The Hall–Kier alpha value is -1.70. The second kappa shape index (κ2) is 7.50. The Morgan fingerprint density at radius 2 is 2.08 bits per heavy atom. The van der Waals surface area contributed by atoms with Crippen LogP contribution in [0.1, 0.15) is 55.2 Å². The van der Waals surface area contributed by atoms with Gasteiger partial charge in [0.15, 0.2) is 9.84 Å². The predicted octanol–water partition coefficient (Wildman–Crippen LogP) is 1.81. The fourth-order valence-corrected chi connectivity index (χ4v) is 5.68. The molecule has 2 saturated heterocycles. The minimum atomic E-state index is -3.04. The van der Waals surface area contributed by atoms with Crippen LogP contribution in [0.3, 0.4) is 0 Å². The van der Waals surface area contributed by atoms with Gasteiger partial charge >= 0.3 is 0 Å². The number of hydrogen-bond donors (Lipinski definition) is 0. The Kier molecular flexibility index (Phi) is 5.50. The summed E-state index contributed by atoms with van der Waals surface area (Å²) in [5, 5.41) is 0. The molecular formula is C18H28N4O3S. The van der Waals surface area contributed by atoms with Gasteiger partial charge in [0, 0.05) is 31.4 Å². The van der Waals surface area contributed by atoms with E-state index in [0.29, 0.717) is 24.1 Å². The highest BCUT2D eigenvalue weighted by Gasteiger charge is 2.34. The van der Waals surface area contributed by atoms with Crippen molar-refractivity contribution in [2.75, 3.05) is 30.0 Å². The fraction of sp³-hybridized carbons (Fsp3) is 0.722. The van der Waals surface area contributed by atoms with Crippen LogP contribution in [0.2, 0.25) is 0 Å². The molecule has 144 valence electrons. The van der Waals surface area contributed by atoms with Gasteiger partial charge in [-0.25, -0.2) is 18.4 Å². The van der Waals surface area contributed by atoms with Gasteiger partial charge in [0.25, 0.3) is 5.91 Å². The van der Waals surface area contributed by atoms with Crippen LogP contribution in [-0.2, 0) is 9.84 Å². The van der Waals surface area contributed by atoms with Gasteiger partial charge in [-0.2, -0.15) is 0 Å². The zero-order valence-electron chi connectivity index (χ0n) is 15.8. The highest BCUT2D eigenvalue weighted by atomic mass is 32.2. The van der Waals surface area contributed by atoms with Crippen LogP contribution in [0.4, 0.5) is 5.95 Å². The largest absolute Gasteiger partial charge is 0.338 e. The lowest BCUT2D eigenvalue weighted by molar-refractivity contribution is 0.0741. The lowest BCUT2D eigenvalue weighted by atomic mass is 10.0. The summed E-state index contributed by atoms with van der Waals surface area (Å²) in [6.07, 6.45) is 4.96. The van der Waals surface area contributed by atoms with E-state index in [4.69, 9.17) is 0 Å². The van der Waals surface area contributed by atoms with Gasteiger partial charge < -0.3 is 9.80 Å². The van der Waals surface area contributed by atoms with Crippen LogP contribution in [0.15, 0.2) is 6.07 Å². The van der Waals surface area contributed by atoms with Crippen molar-refractivity contribution in [3.63, 3.8) is 0 Å².